The molecule has 4 rings (SSSR count). The lowest BCUT2D eigenvalue weighted by atomic mass is 9.70. The third-order valence-corrected chi connectivity index (χ3v) is 10.5. The largest absolute Gasteiger partial charge is 0.497 e. The van der Waals surface area contributed by atoms with E-state index in [9.17, 15) is 14.4 Å². The molecular weight excluding hydrogens is 534 g/mol. The molecule has 1 spiro atoms. The molecule has 192 valence electrons. The van der Waals surface area contributed by atoms with E-state index >= 15 is 0 Å². The summed E-state index contributed by atoms with van der Waals surface area (Å²) in [6.45, 7) is 3.10. The zero-order chi connectivity index (χ0) is 25.2. The number of likely N-dealkylation sites (tertiary alicyclic amines) is 1. The number of methoxy groups -OCH3 is 1. The monoisotopic (exact) mass is 567 g/mol. The second kappa shape index (κ2) is 11.1. The van der Waals surface area contributed by atoms with Crippen LogP contribution in [0.5, 0.6) is 5.75 Å². The van der Waals surface area contributed by atoms with Crippen LogP contribution in [0.15, 0.2) is 24.3 Å². The van der Waals surface area contributed by atoms with Crippen molar-refractivity contribution < 1.29 is 24.2 Å². The number of rotatable bonds is 11. The number of unbranched alkanes of at least 4 members (excludes halogenated alkanes) is 2. The lowest BCUT2D eigenvalue weighted by molar-refractivity contribution is -0.139. The molecule has 3 unspecified atom stereocenters. The number of aliphatic hydroxyl groups is 1. The van der Waals surface area contributed by atoms with E-state index in [0.29, 0.717) is 43.8 Å². The average molecular weight is 569 g/mol. The number of alkyl halides is 1. The van der Waals surface area contributed by atoms with Crippen LogP contribution in [0.3, 0.4) is 0 Å². The number of thioether (sulfide) groups is 1. The molecule has 3 heterocycles. The van der Waals surface area contributed by atoms with Crippen LogP contribution >= 0.6 is 27.7 Å². The summed E-state index contributed by atoms with van der Waals surface area (Å²) in [6.07, 6.45) is 3.59. The smallest absolute Gasteiger partial charge is 0.248 e. The molecule has 3 fully saturated rings. The lowest BCUT2D eigenvalue weighted by Gasteiger charge is -2.35. The standard InChI is InChI=1S/C25H34BrN3O5S/c1-3-11-27-22(31)18-19-24(33)29(12-5-4-6-13-30)21(25(19)14-17(26)20(18)35-25)23(32)28-15-7-9-16(34-2)10-8-15/h7-10,17-21,30H,3-6,11-14H2,1-2H3,(H,27,31)(H,28,32)/t17?,18-,19+,20-,21?,25?/m1/s1. The Labute approximate surface area is 219 Å². The van der Waals surface area contributed by atoms with Crippen molar-refractivity contribution in [3.63, 3.8) is 0 Å². The normalized spacial score (nSPS) is 30.9. The summed E-state index contributed by atoms with van der Waals surface area (Å²) in [6, 6.07) is 6.45. The van der Waals surface area contributed by atoms with Gasteiger partial charge in [0.2, 0.25) is 17.7 Å². The highest BCUT2D eigenvalue weighted by atomic mass is 79.9. The first-order valence-corrected chi connectivity index (χ1v) is 14.1. The second-order valence-corrected chi connectivity index (χ2v) is 12.2. The molecule has 1 aromatic rings. The summed E-state index contributed by atoms with van der Waals surface area (Å²) < 4.78 is 4.55. The minimum atomic E-state index is -0.671. The number of hydrogen-bond acceptors (Lipinski definition) is 6. The SMILES string of the molecule is CCCNC(=O)[C@H]1[C@@H]2SC3(CC2Br)C(C(=O)Nc2ccc(OC)cc2)N(CCCCCO)C(=O)[C@H]13. The van der Waals surface area contributed by atoms with Crippen molar-refractivity contribution in [3.8, 4) is 5.75 Å². The Morgan fingerprint density at radius 1 is 1.23 bits per heavy atom. The maximum atomic E-state index is 13.9. The molecule has 0 aromatic heterocycles. The highest BCUT2D eigenvalue weighted by Crippen LogP contribution is 2.67. The zero-order valence-corrected chi connectivity index (χ0v) is 22.6. The third-order valence-electron chi connectivity index (χ3n) is 7.30. The minimum Gasteiger partial charge on any atom is -0.497 e. The molecule has 35 heavy (non-hydrogen) atoms. The maximum Gasteiger partial charge on any atom is 0.248 e. The van der Waals surface area contributed by atoms with Gasteiger partial charge in [-0.15, -0.1) is 11.8 Å². The van der Waals surface area contributed by atoms with Gasteiger partial charge in [-0.1, -0.05) is 22.9 Å². The molecule has 1 aromatic carbocycles. The summed E-state index contributed by atoms with van der Waals surface area (Å²) in [5.74, 6) is -0.712. The summed E-state index contributed by atoms with van der Waals surface area (Å²) >= 11 is 5.41. The van der Waals surface area contributed by atoms with Gasteiger partial charge in [0.15, 0.2) is 0 Å². The van der Waals surface area contributed by atoms with Gasteiger partial charge in [0, 0.05) is 35.5 Å². The van der Waals surface area contributed by atoms with Crippen LogP contribution in [0.1, 0.15) is 39.0 Å². The van der Waals surface area contributed by atoms with Crippen LogP contribution in [-0.2, 0) is 14.4 Å². The number of amides is 3. The molecule has 3 aliphatic rings. The number of benzene rings is 1. The fourth-order valence-electron chi connectivity index (χ4n) is 5.79. The predicted molar refractivity (Wildman–Crippen MR) is 140 cm³/mol. The molecule has 2 bridgehead atoms. The first-order valence-electron chi connectivity index (χ1n) is 12.3. The Morgan fingerprint density at radius 3 is 2.63 bits per heavy atom. The number of halogens is 1. The van der Waals surface area contributed by atoms with Gasteiger partial charge in [0.1, 0.15) is 11.8 Å². The minimum absolute atomic E-state index is 0.0476. The fraction of sp³-hybridized carbons (Fsp3) is 0.640. The van der Waals surface area contributed by atoms with Gasteiger partial charge in [-0.05, 0) is 56.4 Å². The highest BCUT2D eigenvalue weighted by molar-refractivity contribution is 9.09. The quantitative estimate of drug-likeness (QED) is 0.280. The van der Waals surface area contributed by atoms with E-state index in [1.54, 1.807) is 48.0 Å². The van der Waals surface area contributed by atoms with E-state index in [1.807, 2.05) is 6.92 Å². The van der Waals surface area contributed by atoms with E-state index < -0.39 is 22.6 Å². The Kier molecular flexibility index (Phi) is 8.33. The van der Waals surface area contributed by atoms with Gasteiger partial charge in [-0.3, -0.25) is 14.4 Å². The molecule has 3 aliphatic heterocycles. The van der Waals surface area contributed by atoms with Crippen LogP contribution in [0.2, 0.25) is 0 Å². The topological polar surface area (TPSA) is 108 Å². The second-order valence-electron chi connectivity index (χ2n) is 9.49. The number of carbonyl (C=O) groups is 3. The summed E-state index contributed by atoms with van der Waals surface area (Å²) in [7, 11) is 1.59. The van der Waals surface area contributed by atoms with Crippen molar-refractivity contribution >= 4 is 51.1 Å². The van der Waals surface area contributed by atoms with Gasteiger partial charge in [-0.2, -0.15) is 0 Å². The first-order chi connectivity index (χ1) is 16.9. The molecule has 6 atom stereocenters. The van der Waals surface area contributed by atoms with Gasteiger partial charge in [0.05, 0.1) is 23.7 Å². The van der Waals surface area contributed by atoms with Crippen molar-refractivity contribution in [3.05, 3.63) is 24.3 Å². The number of anilines is 1. The number of hydrogen-bond donors (Lipinski definition) is 3. The number of ether oxygens (including phenoxy) is 1. The van der Waals surface area contributed by atoms with E-state index in [-0.39, 0.29) is 34.4 Å². The maximum absolute atomic E-state index is 13.9. The van der Waals surface area contributed by atoms with E-state index in [4.69, 9.17) is 9.84 Å². The summed E-state index contributed by atoms with van der Waals surface area (Å²) in [5, 5.41) is 15.1. The highest BCUT2D eigenvalue weighted by Gasteiger charge is 2.75. The van der Waals surface area contributed by atoms with Crippen LogP contribution in [0.4, 0.5) is 5.69 Å². The number of nitrogens with one attached hydrogen (secondary N) is 2. The van der Waals surface area contributed by atoms with Crippen molar-refractivity contribution in [2.75, 3.05) is 32.1 Å². The number of carbonyl (C=O) groups excluding carboxylic acids is 3. The Hall–Kier alpha value is -1.78. The predicted octanol–water partition coefficient (Wildman–Crippen LogP) is 2.79. The van der Waals surface area contributed by atoms with E-state index in [2.05, 4.69) is 26.6 Å². The Bertz CT molecular complexity index is 948. The number of fused-ring (bicyclic) bond motifs is 1. The summed E-state index contributed by atoms with van der Waals surface area (Å²) in [5.41, 5.74) is 0.633. The molecule has 3 amide bonds. The number of aliphatic hydroxyl groups excluding tert-OH is 1. The van der Waals surface area contributed by atoms with Crippen molar-refractivity contribution in [2.45, 2.75) is 59.9 Å². The molecule has 3 saturated heterocycles. The average Bonchev–Trinajstić information content (AvgIpc) is 3.44. The molecule has 10 heteroatoms. The molecule has 3 N–H and O–H groups in total. The van der Waals surface area contributed by atoms with Crippen LogP contribution in [0.25, 0.3) is 0 Å². The third kappa shape index (κ3) is 4.81. The Balaban J connectivity index is 1.64. The van der Waals surface area contributed by atoms with Crippen LogP contribution < -0.4 is 15.4 Å². The molecule has 0 radical (unpaired) electrons. The Morgan fingerprint density at radius 2 is 1.97 bits per heavy atom. The summed E-state index contributed by atoms with van der Waals surface area (Å²) in [4.78, 5) is 42.6. The van der Waals surface area contributed by atoms with Gasteiger partial charge in [0.25, 0.3) is 0 Å². The zero-order valence-electron chi connectivity index (χ0n) is 20.2. The molecule has 0 saturated carbocycles. The fourth-order valence-corrected chi connectivity index (χ4v) is 9.41. The van der Waals surface area contributed by atoms with Crippen molar-refractivity contribution in [1.82, 2.24) is 10.2 Å². The molecule has 8 nitrogen and oxygen atoms in total. The molecule has 0 aliphatic carbocycles. The van der Waals surface area contributed by atoms with Crippen LogP contribution in [-0.4, -0.2) is 75.4 Å². The molecular formula is C25H34BrN3O5S. The van der Waals surface area contributed by atoms with Gasteiger partial charge >= 0.3 is 0 Å². The van der Waals surface area contributed by atoms with E-state index in [1.165, 1.54) is 0 Å². The number of nitrogens with zero attached hydrogens (tertiary/aromatic N) is 1. The lowest BCUT2D eigenvalue weighted by Crippen LogP contribution is -2.53. The van der Waals surface area contributed by atoms with Gasteiger partial charge in [-0.25, -0.2) is 0 Å². The van der Waals surface area contributed by atoms with E-state index in [0.717, 1.165) is 12.8 Å². The van der Waals surface area contributed by atoms with Crippen molar-refractivity contribution in [2.24, 2.45) is 11.8 Å². The van der Waals surface area contributed by atoms with Gasteiger partial charge < -0.3 is 25.4 Å². The van der Waals surface area contributed by atoms with Crippen LogP contribution in [0, 0.1) is 11.8 Å². The van der Waals surface area contributed by atoms with Crippen molar-refractivity contribution in [1.29, 1.82) is 0 Å². The first kappa shape index (κ1) is 26.3.